The van der Waals surface area contributed by atoms with Crippen molar-refractivity contribution in [2.75, 3.05) is 13.6 Å². The minimum Gasteiger partial charge on any atom is -0.342 e. The third kappa shape index (κ3) is 5.14. The van der Waals surface area contributed by atoms with Gasteiger partial charge in [-0.1, -0.05) is 42.5 Å². The molecule has 0 unspecified atom stereocenters. The van der Waals surface area contributed by atoms with Crippen molar-refractivity contribution in [3.05, 3.63) is 90.0 Å². The topological polar surface area (TPSA) is 79.7 Å². The maximum Gasteiger partial charge on any atom is 0.254 e. The summed E-state index contributed by atoms with van der Waals surface area (Å²) in [6.07, 6.45) is 3.20. The molecule has 188 valence electrons. The molecule has 3 aromatic heterocycles. The van der Waals surface area contributed by atoms with Gasteiger partial charge in [0, 0.05) is 36.5 Å². The molecule has 7 nitrogen and oxygen atoms in total. The van der Waals surface area contributed by atoms with Crippen molar-refractivity contribution < 1.29 is 9.18 Å². The van der Waals surface area contributed by atoms with Crippen molar-refractivity contribution in [2.24, 2.45) is 0 Å². The van der Waals surface area contributed by atoms with Gasteiger partial charge in [-0.15, -0.1) is 0 Å². The molecule has 0 radical (unpaired) electrons. The average molecular weight is 497 g/mol. The van der Waals surface area contributed by atoms with Crippen molar-refractivity contribution >= 4 is 16.9 Å². The lowest BCUT2D eigenvalue weighted by Crippen LogP contribution is -2.28. The average Bonchev–Trinajstić information content (AvgIpc) is 3.56. The number of halogens is 1. The summed E-state index contributed by atoms with van der Waals surface area (Å²) < 4.78 is 15.4. The summed E-state index contributed by atoms with van der Waals surface area (Å²) in [5, 5.41) is 12.6. The molecule has 0 saturated heterocycles. The summed E-state index contributed by atoms with van der Waals surface area (Å²) in [6.45, 7) is 4.66. The van der Waals surface area contributed by atoms with E-state index >= 15 is 0 Å². The number of H-pyrrole nitrogens is 1. The summed E-state index contributed by atoms with van der Waals surface area (Å²) >= 11 is 0. The molecule has 2 aromatic carbocycles. The summed E-state index contributed by atoms with van der Waals surface area (Å²) in [4.78, 5) is 20.2. The second-order valence-electron chi connectivity index (χ2n) is 9.46. The van der Waals surface area contributed by atoms with Crippen molar-refractivity contribution in [1.82, 2.24) is 29.9 Å². The zero-order valence-corrected chi connectivity index (χ0v) is 21.1. The quantitative estimate of drug-likeness (QED) is 0.289. The Morgan fingerprint density at radius 1 is 1.03 bits per heavy atom. The first-order valence-electron chi connectivity index (χ1n) is 12.4. The number of amides is 1. The summed E-state index contributed by atoms with van der Waals surface area (Å²) in [5.41, 5.74) is 5.36. The van der Waals surface area contributed by atoms with Crippen molar-refractivity contribution in [1.29, 1.82) is 0 Å². The minimum absolute atomic E-state index is 0.0713. The van der Waals surface area contributed by atoms with Crippen LogP contribution in [0.2, 0.25) is 0 Å². The van der Waals surface area contributed by atoms with Gasteiger partial charge in [-0.2, -0.15) is 10.2 Å². The standard InChI is InChI=1S/C29H29FN6O/c1-19(2)36-28-25(18-31-36)24(17-26(32-28)20-9-5-4-6-10-20)29(37)35(3)14-8-13-23-16-27(34-33-23)21-11-7-12-22(30)15-21/h4-7,9-12,15-19H,8,13-14H2,1-3H3,(H,33,34). The van der Waals surface area contributed by atoms with Crippen molar-refractivity contribution in [3.8, 4) is 22.5 Å². The highest BCUT2D eigenvalue weighted by atomic mass is 19.1. The van der Waals surface area contributed by atoms with Crippen LogP contribution in [0.5, 0.6) is 0 Å². The van der Waals surface area contributed by atoms with Crippen LogP contribution in [0.4, 0.5) is 4.39 Å². The Bertz CT molecular complexity index is 1540. The highest BCUT2D eigenvalue weighted by molar-refractivity contribution is 6.06. The molecule has 0 bridgehead atoms. The van der Waals surface area contributed by atoms with Gasteiger partial charge in [-0.3, -0.25) is 9.89 Å². The molecule has 0 saturated carbocycles. The number of hydrogen-bond donors (Lipinski definition) is 1. The monoisotopic (exact) mass is 496 g/mol. The predicted molar refractivity (Wildman–Crippen MR) is 143 cm³/mol. The molecule has 8 heteroatoms. The van der Waals surface area contributed by atoms with Crippen LogP contribution in [-0.4, -0.2) is 49.4 Å². The van der Waals surface area contributed by atoms with E-state index in [1.165, 1.54) is 12.1 Å². The number of rotatable bonds is 8. The molecular formula is C29H29FN6O. The fourth-order valence-electron chi connectivity index (χ4n) is 4.43. The number of pyridine rings is 1. The predicted octanol–water partition coefficient (Wildman–Crippen LogP) is 5.91. The van der Waals surface area contributed by atoms with Gasteiger partial charge in [0.2, 0.25) is 0 Å². The Hall–Kier alpha value is -4.33. The largest absolute Gasteiger partial charge is 0.342 e. The first-order chi connectivity index (χ1) is 17.9. The van der Waals surface area contributed by atoms with Crippen LogP contribution in [0.15, 0.2) is 72.9 Å². The van der Waals surface area contributed by atoms with Gasteiger partial charge in [0.1, 0.15) is 5.82 Å². The Kier molecular flexibility index (Phi) is 6.81. The maximum atomic E-state index is 13.6. The maximum absolute atomic E-state index is 13.6. The number of aromatic nitrogens is 5. The lowest BCUT2D eigenvalue weighted by molar-refractivity contribution is 0.0795. The third-order valence-electron chi connectivity index (χ3n) is 6.39. The summed E-state index contributed by atoms with van der Waals surface area (Å²) in [6, 6.07) is 20.1. The number of carbonyl (C=O) groups excluding carboxylic acids is 1. The molecule has 0 spiro atoms. The third-order valence-corrected chi connectivity index (χ3v) is 6.39. The van der Waals surface area contributed by atoms with E-state index in [0.717, 1.165) is 34.3 Å². The van der Waals surface area contributed by atoms with Gasteiger partial charge in [-0.25, -0.2) is 14.1 Å². The van der Waals surface area contributed by atoms with Gasteiger partial charge in [-0.05, 0) is 51.0 Å². The number of hydrogen-bond acceptors (Lipinski definition) is 4. The molecular weight excluding hydrogens is 467 g/mol. The van der Waals surface area contributed by atoms with Crippen LogP contribution in [-0.2, 0) is 6.42 Å². The highest BCUT2D eigenvalue weighted by Gasteiger charge is 2.21. The van der Waals surface area contributed by atoms with Crippen LogP contribution in [0, 0.1) is 5.82 Å². The molecule has 0 aliphatic carbocycles. The van der Waals surface area contributed by atoms with Crippen LogP contribution < -0.4 is 0 Å². The Morgan fingerprint density at radius 3 is 2.57 bits per heavy atom. The van der Waals surface area contributed by atoms with Gasteiger partial charge in [0.15, 0.2) is 5.65 Å². The van der Waals surface area contributed by atoms with E-state index in [1.54, 1.807) is 17.2 Å². The first kappa shape index (κ1) is 24.4. The number of nitrogens with one attached hydrogen (secondary N) is 1. The van der Waals surface area contributed by atoms with E-state index in [4.69, 9.17) is 4.98 Å². The van der Waals surface area contributed by atoms with Gasteiger partial charge >= 0.3 is 0 Å². The van der Waals surface area contributed by atoms with E-state index in [2.05, 4.69) is 15.3 Å². The van der Waals surface area contributed by atoms with E-state index in [1.807, 2.05) is 74.1 Å². The molecule has 5 aromatic rings. The highest BCUT2D eigenvalue weighted by Crippen LogP contribution is 2.27. The molecule has 0 fully saturated rings. The first-order valence-corrected chi connectivity index (χ1v) is 12.4. The van der Waals surface area contributed by atoms with Crippen LogP contribution in [0.25, 0.3) is 33.5 Å². The fourth-order valence-corrected chi connectivity index (χ4v) is 4.43. The van der Waals surface area contributed by atoms with Crippen LogP contribution in [0.3, 0.4) is 0 Å². The number of fused-ring (bicyclic) bond motifs is 1. The molecule has 0 atom stereocenters. The molecule has 1 amide bonds. The number of aryl methyl sites for hydroxylation is 1. The molecule has 0 aliphatic rings. The number of aromatic amines is 1. The Balaban J connectivity index is 1.33. The van der Waals surface area contributed by atoms with E-state index in [0.29, 0.717) is 29.9 Å². The van der Waals surface area contributed by atoms with E-state index in [9.17, 15) is 9.18 Å². The smallest absolute Gasteiger partial charge is 0.254 e. The Labute approximate surface area is 215 Å². The number of benzene rings is 2. The molecule has 5 rings (SSSR count). The SMILES string of the molecule is CC(C)n1ncc2c(C(=O)N(C)CCCc3cc(-c4cccc(F)c4)n[nH]3)cc(-c3ccccc3)nc21. The zero-order chi connectivity index (χ0) is 25.9. The number of nitrogens with zero attached hydrogens (tertiary/aromatic N) is 5. The van der Waals surface area contributed by atoms with E-state index in [-0.39, 0.29) is 17.8 Å². The van der Waals surface area contributed by atoms with Gasteiger partial charge in [0.25, 0.3) is 5.91 Å². The van der Waals surface area contributed by atoms with Crippen LogP contribution >= 0.6 is 0 Å². The lowest BCUT2D eigenvalue weighted by Gasteiger charge is -2.18. The minimum atomic E-state index is -0.290. The zero-order valence-electron chi connectivity index (χ0n) is 21.1. The normalized spacial score (nSPS) is 11.4. The molecule has 0 aliphatic heterocycles. The Morgan fingerprint density at radius 2 is 1.81 bits per heavy atom. The number of carbonyl (C=O) groups is 1. The lowest BCUT2D eigenvalue weighted by atomic mass is 10.1. The molecule has 3 heterocycles. The van der Waals surface area contributed by atoms with Gasteiger partial charge in [0.05, 0.1) is 28.5 Å². The van der Waals surface area contributed by atoms with Crippen LogP contribution in [0.1, 0.15) is 42.4 Å². The second-order valence-corrected chi connectivity index (χ2v) is 9.46. The molecule has 1 N–H and O–H groups in total. The summed E-state index contributed by atoms with van der Waals surface area (Å²) in [7, 11) is 1.81. The second kappa shape index (κ2) is 10.3. The fraction of sp³-hybridized carbons (Fsp3) is 0.241. The van der Waals surface area contributed by atoms with E-state index < -0.39 is 0 Å². The van der Waals surface area contributed by atoms with Crippen molar-refractivity contribution in [3.63, 3.8) is 0 Å². The molecule has 37 heavy (non-hydrogen) atoms. The summed E-state index contributed by atoms with van der Waals surface area (Å²) in [5.74, 6) is -0.361. The van der Waals surface area contributed by atoms with Crippen molar-refractivity contribution in [2.45, 2.75) is 32.7 Å². The van der Waals surface area contributed by atoms with Gasteiger partial charge < -0.3 is 4.90 Å².